The fourth-order valence-corrected chi connectivity index (χ4v) is 1.75. The lowest BCUT2D eigenvalue weighted by molar-refractivity contribution is 0.0693. The van der Waals surface area contributed by atoms with Gasteiger partial charge in [0.25, 0.3) is 0 Å². The molecule has 114 valence electrons. The Hall–Kier alpha value is -2.23. The van der Waals surface area contributed by atoms with Gasteiger partial charge in [0.05, 0.1) is 0 Å². The molecule has 0 radical (unpaired) electrons. The van der Waals surface area contributed by atoms with E-state index in [0.717, 1.165) is 12.8 Å². The second-order valence-electron chi connectivity index (χ2n) is 5.17. The van der Waals surface area contributed by atoms with E-state index in [4.69, 9.17) is 9.84 Å². The Labute approximate surface area is 125 Å². The monoisotopic (exact) mass is 290 g/mol. The van der Waals surface area contributed by atoms with Crippen LogP contribution in [0, 0.1) is 0 Å². The summed E-state index contributed by atoms with van der Waals surface area (Å²) in [6.45, 7) is 6.58. The number of carboxylic acid groups (broad SMARTS) is 1. The van der Waals surface area contributed by atoms with Gasteiger partial charge in [0.1, 0.15) is 23.7 Å². The van der Waals surface area contributed by atoms with E-state index >= 15 is 0 Å². The first-order valence-electron chi connectivity index (χ1n) is 6.88. The van der Waals surface area contributed by atoms with E-state index in [2.05, 4.69) is 19.9 Å². The lowest BCUT2D eigenvalue weighted by Crippen LogP contribution is -2.00. The van der Waals surface area contributed by atoms with E-state index in [9.17, 15) is 9.90 Å². The third-order valence-corrected chi connectivity index (χ3v) is 2.97. The van der Waals surface area contributed by atoms with E-state index in [1.54, 1.807) is 6.07 Å². The molecule has 1 aromatic carbocycles. The Morgan fingerprint density at radius 1 is 1.24 bits per heavy atom. The van der Waals surface area contributed by atoms with Crippen molar-refractivity contribution in [2.75, 3.05) is 6.61 Å². The Morgan fingerprint density at radius 3 is 2.57 bits per heavy atom. The van der Waals surface area contributed by atoms with Crippen LogP contribution in [0.5, 0.6) is 11.5 Å². The molecule has 0 amide bonds. The normalized spacial score (nSPS) is 11.1. The van der Waals surface area contributed by atoms with Gasteiger partial charge >= 0.3 is 5.97 Å². The van der Waals surface area contributed by atoms with Gasteiger partial charge in [0.2, 0.25) is 0 Å². The number of hydrogen-bond acceptors (Lipinski definition) is 3. The zero-order valence-corrected chi connectivity index (χ0v) is 12.7. The summed E-state index contributed by atoms with van der Waals surface area (Å²) in [4.78, 5) is 10.9. The Bertz CT molecular complexity index is 552. The Morgan fingerprint density at radius 2 is 1.95 bits per heavy atom. The zero-order chi connectivity index (χ0) is 15.8. The SMILES string of the molecule is CC(C)=CCCC(C)=CCOc1ccc(O)c(C(=O)O)c1. The van der Waals surface area contributed by atoms with Crippen LogP contribution in [0.4, 0.5) is 0 Å². The number of carboxylic acids is 1. The summed E-state index contributed by atoms with van der Waals surface area (Å²) in [6.07, 6.45) is 6.15. The topological polar surface area (TPSA) is 66.8 Å². The zero-order valence-electron chi connectivity index (χ0n) is 12.7. The molecule has 0 aromatic heterocycles. The van der Waals surface area contributed by atoms with Crippen LogP contribution in [0.15, 0.2) is 41.5 Å². The largest absolute Gasteiger partial charge is 0.507 e. The molecule has 0 unspecified atom stereocenters. The van der Waals surface area contributed by atoms with Crippen LogP contribution in [0.25, 0.3) is 0 Å². The number of rotatable bonds is 7. The molecule has 0 aliphatic carbocycles. The average molecular weight is 290 g/mol. The molecule has 0 heterocycles. The van der Waals surface area contributed by atoms with Gasteiger partial charge in [-0.3, -0.25) is 0 Å². The molecule has 4 nitrogen and oxygen atoms in total. The van der Waals surface area contributed by atoms with E-state index in [1.165, 1.54) is 23.3 Å². The Balaban J connectivity index is 2.54. The van der Waals surface area contributed by atoms with Crippen molar-refractivity contribution in [3.8, 4) is 11.5 Å². The summed E-state index contributed by atoms with van der Waals surface area (Å²) in [6, 6.07) is 4.20. The summed E-state index contributed by atoms with van der Waals surface area (Å²) < 4.78 is 5.48. The molecule has 0 spiro atoms. The number of carbonyl (C=O) groups is 1. The predicted octanol–water partition coefficient (Wildman–Crippen LogP) is 4.16. The molecule has 0 bridgehead atoms. The third kappa shape index (κ3) is 6.17. The highest BCUT2D eigenvalue weighted by Crippen LogP contribution is 2.23. The second kappa shape index (κ2) is 8.15. The summed E-state index contributed by atoms with van der Waals surface area (Å²) in [5.74, 6) is -1.01. The van der Waals surface area contributed by atoms with Gasteiger partial charge in [-0.2, -0.15) is 0 Å². The molecule has 1 rings (SSSR count). The van der Waals surface area contributed by atoms with Gasteiger partial charge in [0.15, 0.2) is 0 Å². The van der Waals surface area contributed by atoms with Gasteiger partial charge in [-0.1, -0.05) is 17.2 Å². The van der Waals surface area contributed by atoms with Crippen molar-refractivity contribution in [3.05, 3.63) is 47.1 Å². The molecule has 2 N–H and O–H groups in total. The fourth-order valence-electron chi connectivity index (χ4n) is 1.75. The molecule has 0 aliphatic heterocycles. The summed E-state index contributed by atoms with van der Waals surface area (Å²) in [5.41, 5.74) is 2.38. The van der Waals surface area contributed by atoms with Crippen LogP contribution in [-0.2, 0) is 0 Å². The quantitative estimate of drug-likeness (QED) is 0.740. The smallest absolute Gasteiger partial charge is 0.339 e. The van der Waals surface area contributed by atoms with Gasteiger partial charge < -0.3 is 14.9 Å². The van der Waals surface area contributed by atoms with Crippen LogP contribution in [0.3, 0.4) is 0 Å². The highest BCUT2D eigenvalue weighted by molar-refractivity contribution is 5.91. The first kappa shape index (κ1) is 16.8. The third-order valence-electron chi connectivity index (χ3n) is 2.97. The first-order chi connectivity index (χ1) is 9.90. The van der Waals surface area contributed by atoms with Crippen LogP contribution < -0.4 is 4.74 Å². The molecule has 4 heteroatoms. The number of allylic oxidation sites excluding steroid dienone is 3. The van der Waals surface area contributed by atoms with Crippen molar-refractivity contribution in [2.45, 2.75) is 33.6 Å². The van der Waals surface area contributed by atoms with Crippen molar-refractivity contribution in [1.82, 2.24) is 0 Å². The summed E-state index contributed by atoms with van der Waals surface area (Å²) in [7, 11) is 0. The van der Waals surface area contributed by atoms with Crippen molar-refractivity contribution in [3.63, 3.8) is 0 Å². The molecule has 21 heavy (non-hydrogen) atoms. The minimum Gasteiger partial charge on any atom is -0.507 e. The van der Waals surface area contributed by atoms with Crippen molar-refractivity contribution in [1.29, 1.82) is 0 Å². The lowest BCUT2D eigenvalue weighted by Gasteiger charge is -2.06. The Kier molecular flexibility index (Phi) is 6.53. The number of hydrogen-bond donors (Lipinski definition) is 2. The fraction of sp³-hybridized carbons (Fsp3) is 0.353. The van der Waals surface area contributed by atoms with Crippen LogP contribution in [-0.4, -0.2) is 22.8 Å². The van der Waals surface area contributed by atoms with Gasteiger partial charge in [0, 0.05) is 0 Å². The predicted molar refractivity (Wildman–Crippen MR) is 83.0 cm³/mol. The first-order valence-corrected chi connectivity index (χ1v) is 6.88. The van der Waals surface area contributed by atoms with Crippen LogP contribution in [0.2, 0.25) is 0 Å². The number of phenols is 1. The summed E-state index contributed by atoms with van der Waals surface area (Å²) >= 11 is 0. The van der Waals surface area contributed by atoms with E-state index < -0.39 is 5.97 Å². The van der Waals surface area contributed by atoms with Crippen LogP contribution in [0.1, 0.15) is 44.0 Å². The van der Waals surface area contributed by atoms with Gasteiger partial charge in [-0.25, -0.2) is 4.79 Å². The minimum atomic E-state index is -1.17. The van der Waals surface area contributed by atoms with E-state index in [0.29, 0.717) is 12.4 Å². The molecule has 0 aliphatic rings. The highest BCUT2D eigenvalue weighted by Gasteiger charge is 2.10. The molecular weight excluding hydrogens is 268 g/mol. The van der Waals surface area contributed by atoms with Crippen molar-refractivity contribution in [2.24, 2.45) is 0 Å². The molecule has 1 aromatic rings. The maximum atomic E-state index is 10.9. The summed E-state index contributed by atoms with van der Waals surface area (Å²) in [5, 5.41) is 18.3. The molecule has 0 saturated heterocycles. The molecule has 0 fully saturated rings. The van der Waals surface area contributed by atoms with E-state index in [-0.39, 0.29) is 11.3 Å². The van der Waals surface area contributed by atoms with Gasteiger partial charge in [-0.05, 0) is 57.9 Å². The van der Waals surface area contributed by atoms with Crippen molar-refractivity contribution < 1.29 is 19.7 Å². The highest BCUT2D eigenvalue weighted by atomic mass is 16.5. The number of aromatic carboxylic acids is 1. The maximum absolute atomic E-state index is 10.9. The minimum absolute atomic E-state index is 0.156. The number of ether oxygens (including phenoxy) is 1. The van der Waals surface area contributed by atoms with E-state index in [1.807, 2.05) is 13.0 Å². The molecular formula is C17H22O4. The average Bonchev–Trinajstić information content (AvgIpc) is 2.40. The maximum Gasteiger partial charge on any atom is 0.339 e. The second-order valence-corrected chi connectivity index (χ2v) is 5.17. The van der Waals surface area contributed by atoms with Gasteiger partial charge in [-0.15, -0.1) is 0 Å². The number of benzene rings is 1. The number of aromatic hydroxyl groups is 1. The lowest BCUT2D eigenvalue weighted by atomic mass is 10.1. The molecule has 0 atom stereocenters. The molecule has 0 saturated carbocycles. The van der Waals surface area contributed by atoms with Crippen LogP contribution >= 0.6 is 0 Å². The standard InChI is InChI=1S/C17H22O4/c1-12(2)5-4-6-13(3)9-10-21-14-7-8-16(18)15(11-14)17(19)20/h5,7-9,11,18H,4,6,10H2,1-3H3,(H,19,20). The van der Waals surface area contributed by atoms with Crippen molar-refractivity contribution >= 4 is 5.97 Å².